The molecule has 0 amide bonds. The van der Waals surface area contributed by atoms with Crippen LogP contribution in [0.4, 0.5) is 13.2 Å². The Kier molecular flexibility index (Phi) is 3.28. The van der Waals surface area contributed by atoms with Crippen molar-refractivity contribution in [2.24, 2.45) is 0 Å². The van der Waals surface area contributed by atoms with E-state index in [1.54, 1.807) is 0 Å². The summed E-state index contributed by atoms with van der Waals surface area (Å²) >= 11 is 0. The Hall–Kier alpha value is -2.31. The first-order valence-electron chi connectivity index (χ1n) is 5.14. The van der Waals surface area contributed by atoms with E-state index >= 15 is 0 Å². The van der Waals surface area contributed by atoms with Gasteiger partial charge in [-0.25, -0.2) is 4.79 Å². The van der Waals surface area contributed by atoms with Crippen LogP contribution in [0, 0.1) is 0 Å². The molecule has 7 heteroatoms. The van der Waals surface area contributed by atoms with E-state index in [4.69, 9.17) is 0 Å². The van der Waals surface area contributed by atoms with Crippen LogP contribution in [0.15, 0.2) is 30.5 Å². The summed E-state index contributed by atoms with van der Waals surface area (Å²) in [5.74, 6) is -1.12. The van der Waals surface area contributed by atoms with Crippen LogP contribution in [-0.4, -0.2) is 24.4 Å². The average molecular weight is 271 g/mol. The summed E-state index contributed by atoms with van der Waals surface area (Å²) in [7, 11) is 1.19. The van der Waals surface area contributed by atoms with E-state index < -0.39 is 18.1 Å². The van der Waals surface area contributed by atoms with Crippen molar-refractivity contribution < 1.29 is 27.4 Å². The highest BCUT2D eigenvalue weighted by molar-refractivity contribution is 6.04. The van der Waals surface area contributed by atoms with Gasteiger partial charge in [-0.05, 0) is 12.1 Å². The molecular formula is C12H8F3NO3. The number of para-hydroxylation sites is 1. The number of alkyl halides is 3. The Morgan fingerprint density at radius 1 is 1.26 bits per heavy atom. The molecular weight excluding hydrogens is 263 g/mol. The van der Waals surface area contributed by atoms with Gasteiger partial charge in [0.05, 0.1) is 12.7 Å². The minimum atomic E-state index is -4.82. The van der Waals surface area contributed by atoms with Crippen LogP contribution in [-0.2, 0) is 4.74 Å². The maximum Gasteiger partial charge on any atom is 0.573 e. The summed E-state index contributed by atoms with van der Waals surface area (Å²) < 4.78 is 45.2. The Bertz CT molecular complexity index is 625. The van der Waals surface area contributed by atoms with Gasteiger partial charge < -0.3 is 9.47 Å². The lowest BCUT2D eigenvalue weighted by molar-refractivity contribution is -0.274. The van der Waals surface area contributed by atoms with Gasteiger partial charge in [-0.15, -0.1) is 13.2 Å². The van der Waals surface area contributed by atoms with Gasteiger partial charge in [-0.1, -0.05) is 12.1 Å². The van der Waals surface area contributed by atoms with Crippen LogP contribution >= 0.6 is 0 Å². The van der Waals surface area contributed by atoms with Crippen LogP contribution in [0.2, 0.25) is 0 Å². The highest BCUT2D eigenvalue weighted by Gasteiger charge is 2.32. The fraction of sp³-hybridized carbons (Fsp3) is 0.167. The minimum absolute atomic E-state index is 0.0530. The number of aromatic nitrogens is 1. The number of carbonyl (C=O) groups excluding carboxylic acids is 1. The summed E-state index contributed by atoms with van der Waals surface area (Å²) in [4.78, 5) is 15.3. The molecule has 0 unspecified atom stereocenters. The second-order valence-corrected chi connectivity index (χ2v) is 3.55. The molecule has 0 aliphatic carbocycles. The number of nitrogens with zero attached hydrogens (tertiary/aromatic N) is 1. The number of fused-ring (bicyclic) bond motifs is 1. The number of ether oxygens (including phenoxy) is 2. The monoisotopic (exact) mass is 271 g/mol. The van der Waals surface area contributed by atoms with Gasteiger partial charge in [0, 0.05) is 11.6 Å². The number of methoxy groups -OCH3 is 1. The minimum Gasteiger partial charge on any atom is -0.465 e. The first-order chi connectivity index (χ1) is 8.92. The lowest BCUT2D eigenvalue weighted by atomic mass is 10.1. The molecule has 1 aromatic carbocycles. The zero-order valence-electron chi connectivity index (χ0n) is 9.69. The third-order valence-electron chi connectivity index (χ3n) is 2.37. The Labute approximate surface area is 105 Å². The number of benzene rings is 1. The van der Waals surface area contributed by atoms with Crippen molar-refractivity contribution in [2.75, 3.05) is 7.11 Å². The van der Waals surface area contributed by atoms with Gasteiger partial charge in [-0.2, -0.15) is 0 Å². The molecule has 0 atom stereocenters. The number of pyridine rings is 1. The molecule has 1 heterocycles. The van der Waals surface area contributed by atoms with E-state index in [0.717, 1.165) is 6.07 Å². The van der Waals surface area contributed by atoms with Gasteiger partial charge in [-0.3, -0.25) is 4.98 Å². The molecule has 0 aliphatic rings. The normalized spacial score (nSPS) is 11.4. The van der Waals surface area contributed by atoms with Gasteiger partial charge in [0.2, 0.25) is 0 Å². The molecule has 0 saturated carbocycles. The fourth-order valence-corrected chi connectivity index (χ4v) is 1.64. The standard InChI is InChI=1S/C12H8F3NO3/c1-18-11(17)8-5-6-16-10-7(8)3-2-4-9(10)19-12(13,14)15/h2-6H,1H3. The molecule has 2 rings (SSSR count). The predicted octanol–water partition coefficient (Wildman–Crippen LogP) is 2.92. The van der Waals surface area contributed by atoms with Crippen molar-refractivity contribution in [1.29, 1.82) is 0 Å². The average Bonchev–Trinajstić information content (AvgIpc) is 2.36. The molecule has 1 aromatic heterocycles. The van der Waals surface area contributed by atoms with E-state index in [-0.39, 0.29) is 16.5 Å². The van der Waals surface area contributed by atoms with Gasteiger partial charge >= 0.3 is 12.3 Å². The lowest BCUT2D eigenvalue weighted by Crippen LogP contribution is -2.17. The zero-order valence-corrected chi connectivity index (χ0v) is 9.69. The number of hydrogen-bond donors (Lipinski definition) is 0. The van der Waals surface area contributed by atoms with Crippen molar-refractivity contribution in [2.45, 2.75) is 6.36 Å². The lowest BCUT2D eigenvalue weighted by Gasteiger charge is -2.11. The summed E-state index contributed by atoms with van der Waals surface area (Å²) in [6, 6.07) is 5.31. The molecule has 0 aliphatic heterocycles. The molecule has 0 saturated heterocycles. The maximum absolute atomic E-state index is 12.3. The summed E-state index contributed by atoms with van der Waals surface area (Å²) in [5, 5.41) is 0.233. The van der Waals surface area contributed by atoms with E-state index in [9.17, 15) is 18.0 Å². The number of esters is 1. The SMILES string of the molecule is COC(=O)c1ccnc2c(OC(F)(F)F)cccc12. The van der Waals surface area contributed by atoms with Crippen molar-refractivity contribution in [3.05, 3.63) is 36.0 Å². The number of hydrogen-bond acceptors (Lipinski definition) is 4. The van der Waals surface area contributed by atoms with Crippen molar-refractivity contribution in [3.8, 4) is 5.75 Å². The van der Waals surface area contributed by atoms with Crippen molar-refractivity contribution in [3.63, 3.8) is 0 Å². The molecule has 0 radical (unpaired) electrons. The largest absolute Gasteiger partial charge is 0.573 e. The van der Waals surface area contributed by atoms with Gasteiger partial charge in [0.15, 0.2) is 5.75 Å². The third kappa shape index (κ3) is 2.75. The highest BCUT2D eigenvalue weighted by atomic mass is 19.4. The second-order valence-electron chi connectivity index (χ2n) is 3.55. The Morgan fingerprint density at radius 3 is 2.63 bits per heavy atom. The number of rotatable bonds is 2. The Balaban J connectivity index is 2.61. The molecule has 100 valence electrons. The molecule has 4 nitrogen and oxygen atoms in total. The molecule has 0 fully saturated rings. The number of halogens is 3. The van der Waals surface area contributed by atoms with E-state index in [2.05, 4.69) is 14.5 Å². The second kappa shape index (κ2) is 4.75. The van der Waals surface area contributed by atoms with E-state index in [1.807, 2.05) is 0 Å². The smallest absolute Gasteiger partial charge is 0.465 e. The topological polar surface area (TPSA) is 48.4 Å². The third-order valence-corrected chi connectivity index (χ3v) is 2.37. The van der Waals surface area contributed by atoms with Gasteiger partial charge in [0.25, 0.3) is 0 Å². The summed E-state index contributed by atoms with van der Waals surface area (Å²) in [5.41, 5.74) is 0.0721. The van der Waals surface area contributed by atoms with Crippen molar-refractivity contribution >= 4 is 16.9 Å². The zero-order chi connectivity index (χ0) is 14.0. The molecule has 0 spiro atoms. The highest BCUT2D eigenvalue weighted by Crippen LogP contribution is 2.30. The summed E-state index contributed by atoms with van der Waals surface area (Å²) in [6.45, 7) is 0. The van der Waals surface area contributed by atoms with Crippen LogP contribution in [0.1, 0.15) is 10.4 Å². The van der Waals surface area contributed by atoms with Gasteiger partial charge in [0.1, 0.15) is 5.52 Å². The first kappa shape index (κ1) is 13.1. The van der Waals surface area contributed by atoms with Crippen LogP contribution < -0.4 is 4.74 Å². The van der Waals surface area contributed by atoms with Crippen molar-refractivity contribution in [1.82, 2.24) is 4.98 Å². The number of carbonyl (C=O) groups is 1. The quantitative estimate of drug-likeness (QED) is 0.788. The van der Waals surface area contributed by atoms with Crippen LogP contribution in [0.5, 0.6) is 5.75 Å². The molecule has 19 heavy (non-hydrogen) atoms. The van der Waals surface area contributed by atoms with E-state index in [1.165, 1.54) is 31.5 Å². The first-order valence-corrected chi connectivity index (χ1v) is 5.14. The fourth-order valence-electron chi connectivity index (χ4n) is 1.64. The van der Waals surface area contributed by atoms with E-state index in [0.29, 0.717) is 0 Å². The maximum atomic E-state index is 12.3. The molecule has 0 bridgehead atoms. The van der Waals surface area contributed by atoms with Crippen LogP contribution in [0.25, 0.3) is 10.9 Å². The summed E-state index contributed by atoms with van der Waals surface area (Å²) in [6.07, 6.45) is -3.60. The molecule has 2 aromatic rings. The van der Waals surface area contributed by atoms with Crippen LogP contribution in [0.3, 0.4) is 0 Å². The predicted molar refractivity (Wildman–Crippen MR) is 59.8 cm³/mol. The molecule has 0 N–H and O–H groups in total. The Morgan fingerprint density at radius 2 is 2.00 bits per heavy atom.